The number of aliphatic hydroxyl groups is 1. The smallest absolute Gasteiger partial charge is 0.295 e. The zero-order valence-electron chi connectivity index (χ0n) is 18.1. The molecule has 1 saturated heterocycles. The van der Waals surface area contributed by atoms with Gasteiger partial charge in [0.2, 0.25) is 0 Å². The number of nitrogens with zero attached hydrogens (tertiary/aromatic N) is 2. The van der Waals surface area contributed by atoms with Gasteiger partial charge < -0.3 is 24.6 Å². The summed E-state index contributed by atoms with van der Waals surface area (Å²) in [5.74, 6) is -1.24. The monoisotopic (exact) mass is 453 g/mol. The van der Waals surface area contributed by atoms with Crippen LogP contribution < -0.4 is 4.74 Å². The fourth-order valence-electron chi connectivity index (χ4n) is 4.02. The number of aromatic nitrogens is 1. The Balaban J connectivity index is 1.94. The lowest BCUT2D eigenvalue weighted by Gasteiger charge is -2.26. The lowest BCUT2D eigenvalue weighted by atomic mass is 9.95. The number of benzene rings is 2. The molecule has 2 aromatic carbocycles. The van der Waals surface area contributed by atoms with Gasteiger partial charge in [-0.3, -0.25) is 9.59 Å². The summed E-state index contributed by atoms with van der Waals surface area (Å²) in [5.41, 5.74) is 1.86. The van der Waals surface area contributed by atoms with Gasteiger partial charge in [0.1, 0.15) is 11.5 Å². The Morgan fingerprint density at radius 1 is 1.22 bits per heavy atom. The first kappa shape index (κ1) is 21.9. The molecule has 0 saturated carbocycles. The van der Waals surface area contributed by atoms with Crippen LogP contribution in [-0.4, -0.2) is 65.9 Å². The van der Waals surface area contributed by atoms with Crippen molar-refractivity contribution in [1.29, 1.82) is 0 Å². The van der Waals surface area contributed by atoms with E-state index in [9.17, 15) is 14.7 Å². The van der Waals surface area contributed by atoms with Crippen molar-refractivity contribution in [3.8, 4) is 5.75 Å². The second-order valence-corrected chi connectivity index (χ2v) is 8.34. The highest BCUT2D eigenvalue weighted by atomic mass is 35.5. The van der Waals surface area contributed by atoms with Gasteiger partial charge in [-0.05, 0) is 38.4 Å². The van der Waals surface area contributed by atoms with Gasteiger partial charge in [0.25, 0.3) is 11.7 Å². The molecule has 2 N–H and O–H groups in total. The Hall–Kier alpha value is -3.29. The van der Waals surface area contributed by atoms with Crippen LogP contribution in [0.1, 0.15) is 17.2 Å². The van der Waals surface area contributed by atoms with E-state index in [0.717, 1.165) is 16.5 Å². The van der Waals surface area contributed by atoms with E-state index in [0.29, 0.717) is 18.8 Å². The summed E-state index contributed by atoms with van der Waals surface area (Å²) < 4.78 is 5.25. The molecular formula is C24H24ClN3O4. The number of H-pyrrole nitrogens is 1. The molecule has 0 spiro atoms. The van der Waals surface area contributed by atoms with Crippen LogP contribution in [0.3, 0.4) is 0 Å². The van der Waals surface area contributed by atoms with Crippen molar-refractivity contribution in [1.82, 2.24) is 14.8 Å². The Morgan fingerprint density at radius 2 is 1.97 bits per heavy atom. The molecule has 1 fully saturated rings. The van der Waals surface area contributed by atoms with Crippen molar-refractivity contribution >= 4 is 40.0 Å². The molecule has 8 heteroatoms. The molecular weight excluding hydrogens is 430 g/mol. The van der Waals surface area contributed by atoms with Crippen LogP contribution in [0.5, 0.6) is 5.75 Å². The number of amides is 1. The summed E-state index contributed by atoms with van der Waals surface area (Å²) >= 11 is 6.34. The van der Waals surface area contributed by atoms with Gasteiger partial charge in [-0.15, -0.1) is 0 Å². The van der Waals surface area contributed by atoms with Crippen molar-refractivity contribution in [2.24, 2.45) is 0 Å². The van der Waals surface area contributed by atoms with Gasteiger partial charge in [-0.25, -0.2) is 0 Å². The number of nitrogens with one attached hydrogen (secondary N) is 1. The van der Waals surface area contributed by atoms with Gasteiger partial charge >= 0.3 is 0 Å². The number of carbonyl (C=O) groups is 2. The average molecular weight is 454 g/mol. The summed E-state index contributed by atoms with van der Waals surface area (Å²) in [6.07, 6.45) is 1.78. The molecule has 1 aliphatic rings. The number of aromatic amines is 1. The number of aliphatic hydroxyl groups excluding tert-OH is 1. The number of para-hydroxylation sites is 1. The third-order valence-electron chi connectivity index (χ3n) is 5.67. The van der Waals surface area contributed by atoms with E-state index < -0.39 is 17.7 Å². The molecule has 7 nitrogen and oxygen atoms in total. The highest BCUT2D eigenvalue weighted by Crippen LogP contribution is 2.43. The molecule has 0 radical (unpaired) electrons. The first-order valence-electron chi connectivity index (χ1n) is 10.2. The van der Waals surface area contributed by atoms with Gasteiger partial charge in [0, 0.05) is 41.3 Å². The molecule has 166 valence electrons. The van der Waals surface area contributed by atoms with Crippen LogP contribution in [0.2, 0.25) is 5.02 Å². The average Bonchev–Trinajstić information content (AvgIpc) is 3.31. The fourth-order valence-corrected chi connectivity index (χ4v) is 4.23. The quantitative estimate of drug-likeness (QED) is 0.337. The SMILES string of the molecule is COc1ccc(Cl)c(/C(O)=C2\C(=O)C(=O)N(CCN(C)C)C2c2c[nH]c3ccccc23)c1. The number of rotatable bonds is 6. The van der Waals surface area contributed by atoms with E-state index in [4.69, 9.17) is 16.3 Å². The number of hydrogen-bond donors (Lipinski definition) is 2. The third kappa shape index (κ3) is 3.74. The highest BCUT2D eigenvalue weighted by Gasteiger charge is 2.46. The molecule has 3 aromatic rings. The Morgan fingerprint density at radius 3 is 2.69 bits per heavy atom. The van der Waals surface area contributed by atoms with E-state index in [-0.39, 0.29) is 21.9 Å². The van der Waals surface area contributed by atoms with E-state index in [2.05, 4.69) is 4.98 Å². The highest BCUT2D eigenvalue weighted by molar-refractivity contribution is 6.47. The molecule has 1 aromatic heterocycles. The number of likely N-dealkylation sites (tertiary alicyclic amines) is 1. The maximum atomic E-state index is 13.2. The van der Waals surface area contributed by atoms with Crippen molar-refractivity contribution in [2.45, 2.75) is 6.04 Å². The predicted molar refractivity (Wildman–Crippen MR) is 124 cm³/mol. The number of methoxy groups -OCH3 is 1. The van der Waals surface area contributed by atoms with E-state index in [1.165, 1.54) is 12.0 Å². The number of likely N-dealkylation sites (N-methyl/N-ethyl adjacent to an activating group) is 1. The van der Waals surface area contributed by atoms with E-state index in [1.807, 2.05) is 43.3 Å². The summed E-state index contributed by atoms with van der Waals surface area (Å²) in [7, 11) is 5.29. The second-order valence-electron chi connectivity index (χ2n) is 7.93. The largest absolute Gasteiger partial charge is 0.507 e. The molecule has 1 amide bonds. The summed E-state index contributed by atoms with van der Waals surface area (Å²) in [6, 6.07) is 11.7. The van der Waals surface area contributed by atoms with Crippen LogP contribution in [0.4, 0.5) is 0 Å². The summed E-state index contributed by atoms with van der Waals surface area (Å²) in [4.78, 5) is 32.9. The first-order chi connectivity index (χ1) is 15.3. The molecule has 1 unspecified atom stereocenters. The standard InChI is InChI=1S/C24H24ClN3O4/c1-27(2)10-11-28-21(17-13-26-19-7-5-4-6-15(17)19)20(23(30)24(28)31)22(29)16-12-14(32-3)8-9-18(16)25/h4-9,12-13,21,26,29H,10-11H2,1-3H3/b22-20+. The van der Waals surface area contributed by atoms with E-state index >= 15 is 0 Å². The molecule has 0 aliphatic carbocycles. The van der Waals surface area contributed by atoms with Crippen LogP contribution in [0.25, 0.3) is 16.7 Å². The molecule has 4 rings (SSSR count). The van der Waals surface area contributed by atoms with Gasteiger partial charge in [0.05, 0.1) is 23.7 Å². The van der Waals surface area contributed by atoms with Crippen molar-refractivity contribution in [3.63, 3.8) is 0 Å². The predicted octanol–water partition coefficient (Wildman–Crippen LogP) is 3.81. The van der Waals surface area contributed by atoms with Crippen LogP contribution in [-0.2, 0) is 9.59 Å². The van der Waals surface area contributed by atoms with Crippen LogP contribution in [0.15, 0.2) is 54.2 Å². The maximum absolute atomic E-state index is 13.2. The first-order valence-corrected chi connectivity index (χ1v) is 10.5. The van der Waals surface area contributed by atoms with Crippen LogP contribution >= 0.6 is 11.6 Å². The minimum atomic E-state index is -0.756. The molecule has 1 atom stereocenters. The Bertz CT molecular complexity index is 1230. The number of ketones is 1. The number of carbonyl (C=O) groups excluding carboxylic acids is 2. The van der Waals surface area contributed by atoms with Crippen molar-refractivity contribution in [3.05, 3.63) is 70.4 Å². The number of halogens is 1. The summed E-state index contributed by atoms with van der Waals surface area (Å²) in [5, 5.41) is 12.4. The number of fused-ring (bicyclic) bond motifs is 1. The molecule has 0 bridgehead atoms. The number of ether oxygens (including phenoxy) is 1. The van der Waals surface area contributed by atoms with Gasteiger partial charge in [-0.2, -0.15) is 0 Å². The minimum Gasteiger partial charge on any atom is -0.507 e. The normalized spacial score (nSPS) is 18.2. The second kappa shape index (κ2) is 8.68. The summed E-state index contributed by atoms with van der Waals surface area (Å²) in [6.45, 7) is 0.885. The third-order valence-corrected chi connectivity index (χ3v) is 6.00. The van der Waals surface area contributed by atoms with E-state index in [1.54, 1.807) is 24.4 Å². The van der Waals surface area contributed by atoms with Gasteiger partial charge in [-0.1, -0.05) is 29.8 Å². The maximum Gasteiger partial charge on any atom is 0.295 e. The lowest BCUT2D eigenvalue weighted by molar-refractivity contribution is -0.140. The molecule has 2 heterocycles. The number of Topliss-reactive ketones (excluding diaryl/α,β-unsaturated/α-hetero) is 1. The van der Waals surface area contributed by atoms with Gasteiger partial charge in [0.15, 0.2) is 0 Å². The fraction of sp³-hybridized carbons (Fsp3) is 0.250. The zero-order valence-corrected chi connectivity index (χ0v) is 18.8. The Kier molecular flexibility index (Phi) is 5.95. The lowest BCUT2D eigenvalue weighted by Crippen LogP contribution is -2.35. The van der Waals surface area contributed by atoms with Crippen molar-refractivity contribution in [2.75, 3.05) is 34.3 Å². The molecule has 32 heavy (non-hydrogen) atoms. The topological polar surface area (TPSA) is 85.9 Å². The molecule has 1 aliphatic heterocycles. The van der Waals surface area contributed by atoms with Crippen LogP contribution in [0, 0.1) is 0 Å². The number of hydrogen-bond acceptors (Lipinski definition) is 5. The zero-order chi connectivity index (χ0) is 23.0. The van der Waals surface area contributed by atoms with Crippen molar-refractivity contribution < 1.29 is 19.4 Å². The Labute approximate surface area is 190 Å². The minimum absolute atomic E-state index is 0.00802.